The van der Waals surface area contributed by atoms with Crippen LogP contribution in [0, 0.1) is 10.8 Å². The summed E-state index contributed by atoms with van der Waals surface area (Å²) in [5.74, 6) is -2.23. The maximum atomic E-state index is 11.7. The molecule has 0 saturated heterocycles. The zero-order chi connectivity index (χ0) is 15.6. The lowest BCUT2D eigenvalue weighted by atomic mass is 9.66. The van der Waals surface area contributed by atoms with Crippen LogP contribution in [0.1, 0.15) is 41.5 Å². The van der Waals surface area contributed by atoms with Gasteiger partial charge in [0, 0.05) is 5.25 Å². The van der Waals surface area contributed by atoms with Gasteiger partial charge in [-0.3, -0.25) is 9.59 Å². The van der Waals surface area contributed by atoms with Gasteiger partial charge in [0.15, 0.2) is 0 Å². The summed E-state index contributed by atoms with van der Waals surface area (Å²) in [6, 6.07) is 0. The van der Waals surface area contributed by atoms with E-state index in [0.29, 0.717) is 0 Å². The van der Waals surface area contributed by atoms with Crippen molar-refractivity contribution >= 4 is 36.1 Å². The van der Waals surface area contributed by atoms with Crippen molar-refractivity contribution in [3.8, 4) is 0 Å². The van der Waals surface area contributed by atoms with Crippen LogP contribution in [0.25, 0.3) is 0 Å². The highest BCUT2D eigenvalue weighted by atomic mass is 35.5. The molecule has 0 bridgehead atoms. The third-order valence-corrected chi connectivity index (χ3v) is 4.99. The molecule has 0 aromatic carbocycles. The molecular weight excluding hydrogens is 302 g/mol. The van der Waals surface area contributed by atoms with Crippen molar-refractivity contribution in [2.45, 2.75) is 52.3 Å². The van der Waals surface area contributed by atoms with Gasteiger partial charge in [0.25, 0.3) is 0 Å². The molecule has 0 heterocycles. The third kappa shape index (κ3) is 4.82. The minimum absolute atomic E-state index is 0. The molecule has 0 aromatic heterocycles. The Morgan fingerprint density at radius 2 is 1.50 bits per heavy atom. The summed E-state index contributed by atoms with van der Waals surface area (Å²) in [5.41, 5.74) is 3.59. The number of halogens is 1. The molecule has 120 valence electrons. The number of carboxylic acids is 2. The molecule has 4 N–H and O–H groups in total. The normalized spacial score (nSPS) is 16.8. The van der Waals surface area contributed by atoms with E-state index in [9.17, 15) is 14.7 Å². The first-order valence-corrected chi connectivity index (χ1v) is 7.15. The molecule has 0 aromatic rings. The summed E-state index contributed by atoms with van der Waals surface area (Å²) in [5, 5.41) is 17.9. The lowest BCUT2D eigenvalue weighted by molar-refractivity contribution is -0.149. The van der Waals surface area contributed by atoms with Crippen LogP contribution in [-0.4, -0.2) is 38.7 Å². The van der Waals surface area contributed by atoms with E-state index in [-0.39, 0.29) is 18.2 Å². The first-order chi connectivity index (χ1) is 8.24. The first-order valence-electron chi connectivity index (χ1n) is 6.10. The van der Waals surface area contributed by atoms with Gasteiger partial charge in [-0.15, -0.1) is 24.2 Å². The van der Waals surface area contributed by atoms with Crippen molar-refractivity contribution < 1.29 is 19.8 Å². The second-order valence-electron chi connectivity index (χ2n) is 6.87. The molecule has 0 radical (unpaired) electrons. The first kappa shape index (κ1) is 21.8. The monoisotopic (exact) mass is 327 g/mol. The van der Waals surface area contributed by atoms with Crippen LogP contribution in [0.4, 0.5) is 0 Å². The van der Waals surface area contributed by atoms with Crippen molar-refractivity contribution in [2.75, 3.05) is 5.75 Å². The minimum atomic E-state index is -1.51. The minimum Gasteiger partial charge on any atom is -0.481 e. The van der Waals surface area contributed by atoms with Crippen molar-refractivity contribution in [3.05, 3.63) is 0 Å². The molecule has 0 aliphatic heterocycles. The molecule has 5 nitrogen and oxygen atoms in total. The summed E-state index contributed by atoms with van der Waals surface area (Å²) in [7, 11) is 0. The standard InChI is InChI=1S/C13H25NO4S.ClH/c1-11(2,3)9(19-7-8(15)16)13(14,10(17)18)12(4,5)6;/h9H,7,14H2,1-6H3,(H,15,16)(H,17,18);1H. The molecule has 7 heteroatoms. The quantitative estimate of drug-likeness (QED) is 0.717. The molecule has 0 aliphatic rings. The predicted octanol–water partition coefficient (Wildman–Crippen LogP) is 2.47. The zero-order valence-corrected chi connectivity index (χ0v) is 14.5. The second kappa shape index (κ2) is 7.00. The van der Waals surface area contributed by atoms with Crippen LogP contribution in [0.15, 0.2) is 0 Å². The fraction of sp³-hybridized carbons (Fsp3) is 0.846. The number of hydrogen-bond acceptors (Lipinski definition) is 4. The van der Waals surface area contributed by atoms with Crippen molar-refractivity contribution in [1.82, 2.24) is 0 Å². The van der Waals surface area contributed by atoms with Gasteiger partial charge in [-0.05, 0) is 10.8 Å². The van der Waals surface area contributed by atoms with Crippen LogP contribution < -0.4 is 5.73 Å². The molecular formula is C13H26ClNO4S. The Bertz CT molecular complexity index is 362. The van der Waals surface area contributed by atoms with E-state index >= 15 is 0 Å². The van der Waals surface area contributed by atoms with Crippen LogP contribution >= 0.6 is 24.2 Å². The number of hydrogen-bond donors (Lipinski definition) is 3. The summed E-state index contributed by atoms with van der Waals surface area (Å²) in [4.78, 5) is 22.5. The van der Waals surface area contributed by atoms with Crippen LogP contribution in [0.3, 0.4) is 0 Å². The third-order valence-electron chi connectivity index (χ3n) is 3.17. The number of aliphatic carboxylic acids is 2. The number of carboxylic acid groups (broad SMARTS) is 2. The summed E-state index contributed by atoms with van der Waals surface area (Å²) in [6.45, 7) is 10.9. The van der Waals surface area contributed by atoms with Gasteiger partial charge in [0.05, 0.1) is 5.75 Å². The fourth-order valence-electron chi connectivity index (χ4n) is 2.05. The number of carbonyl (C=O) groups is 2. The van der Waals surface area contributed by atoms with Gasteiger partial charge < -0.3 is 15.9 Å². The smallest absolute Gasteiger partial charge is 0.325 e. The Morgan fingerprint density at radius 1 is 1.10 bits per heavy atom. The van der Waals surface area contributed by atoms with E-state index in [1.54, 1.807) is 20.8 Å². The fourth-order valence-corrected chi connectivity index (χ4v) is 3.57. The van der Waals surface area contributed by atoms with Crippen LogP contribution in [0.5, 0.6) is 0 Å². The maximum absolute atomic E-state index is 11.7. The highest BCUT2D eigenvalue weighted by Gasteiger charge is 2.55. The van der Waals surface area contributed by atoms with Gasteiger partial charge in [0.2, 0.25) is 0 Å². The molecule has 0 spiro atoms. The Balaban J connectivity index is 0. The SMILES string of the molecule is CC(C)(C)C(SCC(=O)O)C(N)(C(=O)O)C(C)(C)C.Cl. The van der Waals surface area contributed by atoms with E-state index in [1.807, 2.05) is 20.8 Å². The predicted molar refractivity (Wildman–Crippen MR) is 84.6 cm³/mol. The van der Waals surface area contributed by atoms with Gasteiger partial charge in [-0.2, -0.15) is 0 Å². The number of nitrogens with two attached hydrogens (primary N) is 1. The van der Waals surface area contributed by atoms with Gasteiger partial charge in [-0.25, -0.2) is 0 Å². The number of thioether (sulfide) groups is 1. The Hall–Kier alpha value is -0.460. The molecule has 2 atom stereocenters. The molecule has 20 heavy (non-hydrogen) atoms. The average Bonchev–Trinajstić information content (AvgIpc) is 2.12. The van der Waals surface area contributed by atoms with Gasteiger partial charge in [0.1, 0.15) is 5.54 Å². The van der Waals surface area contributed by atoms with E-state index in [1.165, 1.54) is 0 Å². The van der Waals surface area contributed by atoms with E-state index in [0.717, 1.165) is 11.8 Å². The number of rotatable bonds is 5. The van der Waals surface area contributed by atoms with E-state index in [4.69, 9.17) is 10.8 Å². The molecule has 0 fully saturated rings. The molecule has 0 amide bonds. The Kier molecular flexibility index (Phi) is 7.64. The summed E-state index contributed by atoms with van der Waals surface area (Å²) >= 11 is 1.09. The Labute approximate surface area is 131 Å². The molecule has 0 aliphatic carbocycles. The largest absolute Gasteiger partial charge is 0.481 e. The van der Waals surface area contributed by atoms with Gasteiger partial charge >= 0.3 is 11.9 Å². The summed E-state index contributed by atoms with van der Waals surface area (Å²) in [6.07, 6.45) is 0. The van der Waals surface area contributed by atoms with E-state index in [2.05, 4.69) is 0 Å². The highest BCUT2D eigenvalue weighted by molar-refractivity contribution is 8.00. The summed E-state index contributed by atoms with van der Waals surface area (Å²) < 4.78 is 0. The lowest BCUT2D eigenvalue weighted by Gasteiger charge is -2.48. The van der Waals surface area contributed by atoms with Crippen molar-refractivity contribution in [3.63, 3.8) is 0 Å². The Morgan fingerprint density at radius 3 is 1.70 bits per heavy atom. The van der Waals surface area contributed by atoms with Crippen LogP contribution in [0.2, 0.25) is 0 Å². The van der Waals surface area contributed by atoms with Crippen molar-refractivity contribution in [1.29, 1.82) is 0 Å². The van der Waals surface area contributed by atoms with Crippen LogP contribution in [-0.2, 0) is 9.59 Å². The average molecular weight is 328 g/mol. The maximum Gasteiger partial charge on any atom is 0.325 e. The van der Waals surface area contributed by atoms with Gasteiger partial charge in [-0.1, -0.05) is 41.5 Å². The second-order valence-corrected chi connectivity index (χ2v) is 7.97. The lowest BCUT2D eigenvalue weighted by Crippen LogP contribution is -2.67. The molecule has 0 rings (SSSR count). The topological polar surface area (TPSA) is 101 Å². The zero-order valence-electron chi connectivity index (χ0n) is 12.9. The van der Waals surface area contributed by atoms with Crippen molar-refractivity contribution in [2.24, 2.45) is 16.6 Å². The van der Waals surface area contributed by atoms with E-state index < -0.39 is 33.6 Å². The molecule has 0 saturated carbocycles. The molecule has 2 unspecified atom stereocenters. The highest BCUT2D eigenvalue weighted by Crippen LogP contribution is 2.45.